The molecule has 0 unspecified atom stereocenters. The molecule has 0 aromatic heterocycles. The van der Waals surface area contributed by atoms with Crippen LogP contribution in [-0.4, -0.2) is 10.7 Å². The highest BCUT2D eigenvalue weighted by Crippen LogP contribution is 2.21. The van der Waals surface area contributed by atoms with Gasteiger partial charge in [0, 0.05) is 18.1 Å². The van der Waals surface area contributed by atoms with E-state index in [2.05, 4.69) is 0 Å². The number of nitro benzene ring substituents is 1. The number of ketones is 1. The summed E-state index contributed by atoms with van der Waals surface area (Å²) in [4.78, 5) is 22.1. The number of rotatable bonds is 4. The second-order valence-corrected chi connectivity index (χ2v) is 4.08. The van der Waals surface area contributed by atoms with Gasteiger partial charge in [0.2, 0.25) is 0 Å². The van der Waals surface area contributed by atoms with Gasteiger partial charge in [0.15, 0.2) is 5.78 Å². The van der Waals surface area contributed by atoms with Gasteiger partial charge in [0.1, 0.15) is 11.6 Å². The summed E-state index contributed by atoms with van der Waals surface area (Å²) in [6.07, 6.45) is -0.436. The molecule has 2 aromatic rings. The molecule has 0 fully saturated rings. The van der Waals surface area contributed by atoms with Gasteiger partial charge in [-0.1, -0.05) is 24.3 Å². The SMILES string of the molecule is O=C(Cc1ccccc1[N+](=O)[O-])c1c(F)cccc1F. The van der Waals surface area contributed by atoms with Gasteiger partial charge in [0.25, 0.3) is 5.69 Å². The van der Waals surface area contributed by atoms with E-state index >= 15 is 0 Å². The van der Waals surface area contributed by atoms with Crippen molar-refractivity contribution in [3.63, 3.8) is 0 Å². The molecule has 102 valence electrons. The molecule has 0 saturated carbocycles. The summed E-state index contributed by atoms with van der Waals surface area (Å²) < 4.78 is 26.9. The molecule has 2 aromatic carbocycles. The molecule has 6 heteroatoms. The number of carbonyl (C=O) groups excluding carboxylic acids is 1. The summed E-state index contributed by atoms with van der Waals surface area (Å²) in [6.45, 7) is 0. The molecule has 0 aliphatic carbocycles. The first kappa shape index (κ1) is 13.8. The average Bonchev–Trinajstić information content (AvgIpc) is 2.38. The molecule has 20 heavy (non-hydrogen) atoms. The van der Waals surface area contributed by atoms with Crippen molar-refractivity contribution in [2.24, 2.45) is 0 Å². The lowest BCUT2D eigenvalue weighted by atomic mass is 10.0. The Bertz CT molecular complexity index is 666. The fourth-order valence-electron chi connectivity index (χ4n) is 1.86. The predicted molar refractivity (Wildman–Crippen MR) is 67.5 cm³/mol. The summed E-state index contributed by atoms with van der Waals surface area (Å²) in [5, 5.41) is 10.8. The summed E-state index contributed by atoms with van der Waals surface area (Å²) in [5.74, 6) is -2.79. The van der Waals surface area contributed by atoms with Crippen LogP contribution in [0.2, 0.25) is 0 Å². The van der Waals surface area contributed by atoms with Crippen LogP contribution in [0.5, 0.6) is 0 Å². The van der Waals surface area contributed by atoms with Gasteiger partial charge in [-0.2, -0.15) is 0 Å². The van der Waals surface area contributed by atoms with Crippen LogP contribution in [0.25, 0.3) is 0 Å². The number of hydrogen-bond donors (Lipinski definition) is 0. The summed E-state index contributed by atoms with van der Waals surface area (Å²) >= 11 is 0. The van der Waals surface area contributed by atoms with Gasteiger partial charge < -0.3 is 0 Å². The van der Waals surface area contributed by atoms with Crippen LogP contribution in [0, 0.1) is 21.7 Å². The van der Waals surface area contributed by atoms with E-state index in [1.54, 1.807) is 0 Å². The lowest BCUT2D eigenvalue weighted by Crippen LogP contribution is -2.10. The third kappa shape index (κ3) is 2.69. The van der Waals surface area contributed by atoms with Crippen molar-refractivity contribution in [1.82, 2.24) is 0 Å². The van der Waals surface area contributed by atoms with Gasteiger partial charge in [-0.15, -0.1) is 0 Å². The van der Waals surface area contributed by atoms with Crippen LogP contribution < -0.4 is 0 Å². The third-order valence-electron chi connectivity index (χ3n) is 2.78. The van der Waals surface area contributed by atoms with Crippen molar-refractivity contribution in [2.45, 2.75) is 6.42 Å². The van der Waals surface area contributed by atoms with E-state index in [0.29, 0.717) is 0 Å². The summed E-state index contributed by atoms with van der Waals surface area (Å²) in [5.41, 5.74) is -0.812. The van der Waals surface area contributed by atoms with Gasteiger partial charge in [-0.3, -0.25) is 14.9 Å². The van der Waals surface area contributed by atoms with Crippen LogP contribution >= 0.6 is 0 Å². The molecule has 0 heterocycles. The van der Waals surface area contributed by atoms with E-state index in [-0.39, 0.29) is 11.3 Å². The number of Topliss-reactive ketones (excluding diaryl/α,β-unsaturated/α-hetero) is 1. The minimum atomic E-state index is -0.978. The number of hydrogen-bond acceptors (Lipinski definition) is 3. The lowest BCUT2D eigenvalue weighted by Gasteiger charge is -2.05. The molecule has 0 aliphatic heterocycles. The lowest BCUT2D eigenvalue weighted by molar-refractivity contribution is -0.385. The zero-order valence-corrected chi connectivity index (χ0v) is 10.2. The van der Waals surface area contributed by atoms with Crippen molar-refractivity contribution in [2.75, 3.05) is 0 Å². The Labute approximate surface area is 112 Å². The Morgan fingerprint density at radius 2 is 1.65 bits per heavy atom. The van der Waals surface area contributed by atoms with E-state index < -0.39 is 34.3 Å². The zero-order valence-electron chi connectivity index (χ0n) is 10.2. The Balaban J connectivity index is 2.36. The number of benzene rings is 2. The highest BCUT2D eigenvalue weighted by molar-refractivity contribution is 5.98. The van der Waals surface area contributed by atoms with Crippen molar-refractivity contribution < 1.29 is 18.5 Å². The maximum absolute atomic E-state index is 13.5. The number of halogens is 2. The second-order valence-electron chi connectivity index (χ2n) is 4.08. The average molecular weight is 277 g/mol. The molecule has 0 radical (unpaired) electrons. The first-order valence-corrected chi connectivity index (χ1v) is 5.70. The number of nitrogens with zero attached hydrogens (tertiary/aromatic N) is 1. The number of carbonyl (C=O) groups is 1. The van der Waals surface area contributed by atoms with E-state index in [0.717, 1.165) is 18.2 Å². The molecule has 0 aliphatic rings. The first-order valence-electron chi connectivity index (χ1n) is 5.70. The van der Waals surface area contributed by atoms with Crippen LogP contribution in [0.4, 0.5) is 14.5 Å². The smallest absolute Gasteiger partial charge is 0.273 e. The topological polar surface area (TPSA) is 60.2 Å². The minimum absolute atomic E-state index is 0.116. The minimum Gasteiger partial charge on any atom is -0.294 e. The highest BCUT2D eigenvalue weighted by atomic mass is 19.1. The molecular weight excluding hydrogens is 268 g/mol. The Morgan fingerprint density at radius 3 is 2.25 bits per heavy atom. The van der Waals surface area contributed by atoms with Gasteiger partial charge in [0.05, 0.1) is 10.5 Å². The van der Waals surface area contributed by atoms with Crippen molar-refractivity contribution in [3.8, 4) is 0 Å². The summed E-state index contributed by atoms with van der Waals surface area (Å²) in [7, 11) is 0. The van der Waals surface area contributed by atoms with Crippen LogP contribution in [0.15, 0.2) is 42.5 Å². The van der Waals surface area contributed by atoms with Crippen molar-refractivity contribution in [1.29, 1.82) is 0 Å². The van der Waals surface area contributed by atoms with Gasteiger partial charge >= 0.3 is 0 Å². The molecule has 0 atom stereocenters. The maximum atomic E-state index is 13.5. The third-order valence-corrected chi connectivity index (χ3v) is 2.78. The Kier molecular flexibility index (Phi) is 3.84. The molecule has 0 N–H and O–H groups in total. The highest BCUT2D eigenvalue weighted by Gasteiger charge is 2.21. The van der Waals surface area contributed by atoms with Crippen LogP contribution in [-0.2, 0) is 6.42 Å². The quantitative estimate of drug-likeness (QED) is 0.489. The Morgan fingerprint density at radius 1 is 1.05 bits per heavy atom. The van der Waals surface area contributed by atoms with Crippen molar-refractivity contribution >= 4 is 11.5 Å². The fraction of sp³-hybridized carbons (Fsp3) is 0.0714. The van der Waals surface area contributed by atoms with Crippen LogP contribution in [0.1, 0.15) is 15.9 Å². The van der Waals surface area contributed by atoms with E-state index in [1.165, 1.54) is 24.3 Å². The predicted octanol–water partition coefficient (Wildman–Crippen LogP) is 3.30. The molecule has 0 amide bonds. The molecule has 0 spiro atoms. The van der Waals surface area contributed by atoms with Gasteiger partial charge in [-0.05, 0) is 12.1 Å². The Hall–Kier alpha value is -2.63. The molecule has 0 bridgehead atoms. The molecule has 2 rings (SSSR count). The summed E-state index contributed by atoms with van der Waals surface area (Å²) in [6, 6.07) is 8.68. The number of nitro groups is 1. The van der Waals surface area contributed by atoms with E-state index in [9.17, 15) is 23.7 Å². The maximum Gasteiger partial charge on any atom is 0.273 e. The first-order chi connectivity index (χ1) is 9.50. The normalized spacial score (nSPS) is 10.3. The van der Waals surface area contributed by atoms with Crippen LogP contribution in [0.3, 0.4) is 0 Å². The second kappa shape index (κ2) is 5.56. The monoisotopic (exact) mass is 277 g/mol. The van der Waals surface area contributed by atoms with E-state index in [4.69, 9.17) is 0 Å². The zero-order chi connectivity index (χ0) is 14.7. The van der Waals surface area contributed by atoms with Gasteiger partial charge in [-0.25, -0.2) is 8.78 Å². The fourth-order valence-corrected chi connectivity index (χ4v) is 1.86. The molecule has 4 nitrogen and oxygen atoms in total. The molecular formula is C14H9F2NO3. The van der Waals surface area contributed by atoms with Crippen molar-refractivity contribution in [3.05, 3.63) is 75.3 Å². The largest absolute Gasteiger partial charge is 0.294 e. The standard InChI is InChI=1S/C14H9F2NO3/c15-10-5-3-6-11(16)14(10)13(18)8-9-4-1-2-7-12(9)17(19)20/h1-7H,8H2. The number of para-hydroxylation sites is 1. The molecule has 0 saturated heterocycles. The van der Waals surface area contributed by atoms with E-state index in [1.807, 2.05) is 0 Å².